The molecule has 0 aliphatic rings. The number of hydrogen-bond donors (Lipinski definition) is 3. The van der Waals surface area contributed by atoms with E-state index in [9.17, 15) is 0 Å². The molecule has 0 atom stereocenters. The highest BCUT2D eigenvalue weighted by atomic mass is 15.3. The van der Waals surface area contributed by atoms with Crippen molar-refractivity contribution in [1.82, 2.24) is 5.43 Å². The number of guanidine groups is 1. The summed E-state index contributed by atoms with van der Waals surface area (Å²) in [6.45, 7) is 9.23. The van der Waals surface area contributed by atoms with Gasteiger partial charge in [0.25, 0.3) is 0 Å². The molecule has 0 amide bonds. The summed E-state index contributed by atoms with van der Waals surface area (Å²) in [5.41, 5.74) is 4.99. The van der Waals surface area contributed by atoms with Crippen molar-refractivity contribution in [3.05, 3.63) is 29.8 Å². The van der Waals surface area contributed by atoms with E-state index in [-0.39, 0.29) is 5.41 Å². The number of anilines is 1. The van der Waals surface area contributed by atoms with Crippen LogP contribution < -0.4 is 16.6 Å². The molecule has 0 heterocycles. The normalized spacial score (nSPS) is 12.4. The SMILES string of the molecule is CCN=C(NN)Nc1ccc(C(C)(C)C)cc1. The lowest BCUT2D eigenvalue weighted by atomic mass is 9.87. The fraction of sp³-hybridized carbons (Fsp3) is 0.462. The van der Waals surface area contributed by atoms with Crippen LogP contribution in [0.3, 0.4) is 0 Å². The van der Waals surface area contributed by atoms with E-state index in [1.54, 1.807) is 0 Å². The molecule has 0 spiro atoms. The van der Waals surface area contributed by atoms with Gasteiger partial charge in [-0.15, -0.1) is 0 Å². The lowest BCUT2D eigenvalue weighted by molar-refractivity contribution is 0.590. The second-order valence-electron chi connectivity index (χ2n) is 4.92. The van der Waals surface area contributed by atoms with Gasteiger partial charge in [-0.3, -0.25) is 10.4 Å². The maximum Gasteiger partial charge on any atom is 0.210 e. The first-order valence-corrected chi connectivity index (χ1v) is 5.86. The topological polar surface area (TPSA) is 62.4 Å². The van der Waals surface area contributed by atoms with E-state index in [4.69, 9.17) is 5.84 Å². The van der Waals surface area contributed by atoms with Crippen LogP contribution in [0.5, 0.6) is 0 Å². The third-order valence-corrected chi connectivity index (χ3v) is 2.47. The molecule has 1 aromatic rings. The Bertz CT molecular complexity index is 373. The van der Waals surface area contributed by atoms with Gasteiger partial charge in [0, 0.05) is 12.2 Å². The summed E-state index contributed by atoms with van der Waals surface area (Å²) in [7, 11) is 0. The molecule has 0 saturated heterocycles. The minimum Gasteiger partial charge on any atom is -0.325 e. The van der Waals surface area contributed by atoms with Crippen molar-refractivity contribution >= 4 is 11.6 Å². The summed E-state index contributed by atoms with van der Waals surface area (Å²) >= 11 is 0. The molecule has 0 aliphatic heterocycles. The van der Waals surface area contributed by atoms with Gasteiger partial charge in [-0.05, 0) is 30.0 Å². The minimum atomic E-state index is 0.172. The summed E-state index contributed by atoms with van der Waals surface area (Å²) in [5, 5.41) is 3.12. The van der Waals surface area contributed by atoms with E-state index in [0.717, 1.165) is 5.69 Å². The third kappa shape index (κ3) is 4.07. The van der Waals surface area contributed by atoms with Crippen molar-refractivity contribution in [3.63, 3.8) is 0 Å². The average molecular weight is 234 g/mol. The summed E-state index contributed by atoms with van der Waals surface area (Å²) in [4.78, 5) is 4.18. The van der Waals surface area contributed by atoms with Crippen molar-refractivity contribution in [1.29, 1.82) is 0 Å². The standard InChI is InChI=1S/C13H22N4/c1-5-15-12(17-14)16-11-8-6-10(7-9-11)13(2,3)4/h6-9H,5,14H2,1-4H3,(H2,15,16,17). The molecule has 17 heavy (non-hydrogen) atoms. The Morgan fingerprint density at radius 1 is 1.24 bits per heavy atom. The van der Waals surface area contributed by atoms with Crippen molar-refractivity contribution in [2.45, 2.75) is 33.1 Å². The maximum absolute atomic E-state index is 5.36. The van der Waals surface area contributed by atoms with E-state index < -0.39 is 0 Å². The first-order valence-electron chi connectivity index (χ1n) is 5.86. The molecule has 4 heteroatoms. The van der Waals surface area contributed by atoms with Gasteiger partial charge in [-0.2, -0.15) is 0 Å². The van der Waals surface area contributed by atoms with Gasteiger partial charge in [0.05, 0.1) is 0 Å². The summed E-state index contributed by atoms with van der Waals surface area (Å²) in [5.74, 6) is 5.94. The molecule has 0 aromatic heterocycles. The molecule has 0 saturated carbocycles. The van der Waals surface area contributed by atoms with Gasteiger partial charge in [-0.1, -0.05) is 32.9 Å². The summed E-state index contributed by atoms with van der Waals surface area (Å²) in [6, 6.07) is 8.29. The maximum atomic E-state index is 5.36. The Morgan fingerprint density at radius 2 is 1.82 bits per heavy atom. The monoisotopic (exact) mass is 234 g/mol. The molecule has 0 radical (unpaired) electrons. The summed E-state index contributed by atoms with van der Waals surface area (Å²) < 4.78 is 0. The van der Waals surface area contributed by atoms with Gasteiger partial charge >= 0.3 is 0 Å². The van der Waals surface area contributed by atoms with E-state index in [1.165, 1.54) is 5.56 Å². The van der Waals surface area contributed by atoms with Crippen LogP contribution in [0, 0.1) is 0 Å². The predicted octanol–water partition coefficient (Wildman–Crippen LogP) is 2.24. The highest BCUT2D eigenvalue weighted by Gasteiger charge is 2.12. The average Bonchev–Trinajstić information content (AvgIpc) is 2.28. The fourth-order valence-corrected chi connectivity index (χ4v) is 1.47. The van der Waals surface area contributed by atoms with Gasteiger partial charge in [-0.25, -0.2) is 5.84 Å². The first-order chi connectivity index (χ1) is 7.97. The predicted molar refractivity (Wildman–Crippen MR) is 74.1 cm³/mol. The molecule has 1 aromatic carbocycles. The lowest BCUT2D eigenvalue weighted by Gasteiger charge is -2.19. The molecular weight excluding hydrogens is 212 g/mol. The number of nitrogens with one attached hydrogen (secondary N) is 2. The van der Waals surface area contributed by atoms with E-state index in [2.05, 4.69) is 48.6 Å². The van der Waals surface area contributed by atoms with Gasteiger partial charge < -0.3 is 5.32 Å². The quantitative estimate of drug-likeness (QED) is 0.318. The van der Waals surface area contributed by atoms with Crippen LogP contribution in [0.1, 0.15) is 33.3 Å². The smallest absolute Gasteiger partial charge is 0.210 e. The number of nitrogens with two attached hydrogens (primary N) is 1. The summed E-state index contributed by atoms with van der Waals surface area (Å²) in [6.07, 6.45) is 0. The Balaban J connectivity index is 2.78. The molecule has 94 valence electrons. The molecule has 0 fully saturated rings. The van der Waals surface area contributed by atoms with Crippen molar-refractivity contribution in [3.8, 4) is 0 Å². The highest BCUT2D eigenvalue weighted by Crippen LogP contribution is 2.23. The van der Waals surface area contributed by atoms with Crippen LogP contribution in [-0.2, 0) is 5.41 Å². The number of hydrogen-bond acceptors (Lipinski definition) is 2. The van der Waals surface area contributed by atoms with Gasteiger partial charge in [0.15, 0.2) is 0 Å². The molecule has 1 rings (SSSR count). The van der Waals surface area contributed by atoms with Gasteiger partial charge in [0.1, 0.15) is 0 Å². The molecule has 0 aliphatic carbocycles. The van der Waals surface area contributed by atoms with Crippen molar-refractivity contribution < 1.29 is 0 Å². The van der Waals surface area contributed by atoms with Crippen LogP contribution in [0.2, 0.25) is 0 Å². The Morgan fingerprint density at radius 3 is 2.24 bits per heavy atom. The van der Waals surface area contributed by atoms with Crippen molar-refractivity contribution in [2.75, 3.05) is 11.9 Å². The second-order valence-corrected chi connectivity index (χ2v) is 4.92. The van der Waals surface area contributed by atoms with Crippen LogP contribution >= 0.6 is 0 Å². The first kappa shape index (κ1) is 13.5. The Labute approximate surface area is 103 Å². The van der Waals surface area contributed by atoms with Crippen LogP contribution in [0.25, 0.3) is 0 Å². The van der Waals surface area contributed by atoms with Crippen LogP contribution in [-0.4, -0.2) is 12.5 Å². The minimum absolute atomic E-state index is 0.172. The molecule has 0 bridgehead atoms. The fourth-order valence-electron chi connectivity index (χ4n) is 1.47. The number of hydrazine groups is 1. The van der Waals surface area contributed by atoms with E-state index >= 15 is 0 Å². The van der Waals surface area contributed by atoms with Crippen LogP contribution in [0.15, 0.2) is 29.3 Å². The molecule has 4 nitrogen and oxygen atoms in total. The number of rotatable bonds is 2. The zero-order valence-electron chi connectivity index (χ0n) is 11.0. The molecular formula is C13H22N4. The number of aliphatic imine (C=N–C) groups is 1. The number of benzene rings is 1. The Kier molecular flexibility index (Phi) is 4.52. The molecule has 4 N–H and O–H groups in total. The largest absolute Gasteiger partial charge is 0.325 e. The third-order valence-electron chi connectivity index (χ3n) is 2.47. The lowest BCUT2D eigenvalue weighted by Crippen LogP contribution is -2.36. The zero-order chi connectivity index (χ0) is 12.9. The van der Waals surface area contributed by atoms with Gasteiger partial charge in [0.2, 0.25) is 5.96 Å². The van der Waals surface area contributed by atoms with Crippen LogP contribution in [0.4, 0.5) is 5.69 Å². The second kappa shape index (κ2) is 5.68. The highest BCUT2D eigenvalue weighted by molar-refractivity contribution is 5.93. The van der Waals surface area contributed by atoms with Crippen molar-refractivity contribution in [2.24, 2.45) is 10.8 Å². The Hall–Kier alpha value is -1.55. The number of nitrogens with zero attached hydrogens (tertiary/aromatic N) is 1. The molecule has 0 unspecified atom stereocenters. The van der Waals surface area contributed by atoms with E-state index in [1.807, 2.05) is 19.1 Å². The zero-order valence-corrected chi connectivity index (χ0v) is 11.0. The van der Waals surface area contributed by atoms with E-state index in [0.29, 0.717) is 12.5 Å².